The SMILES string of the molecule is CSc1cccc(NC(=O)Cc2c[nH]c3cc(OC(C)(C)C(=O)O)ccc23)c1. The van der Waals surface area contributed by atoms with Gasteiger partial charge in [0.15, 0.2) is 5.60 Å². The Bertz CT molecular complexity index is 1030. The third kappa shape index (κ3) is 4.48. The molecule has 7 heteroatoms. The first kappa shape index (κ1) is 19.8. The highest BCUT2D eigenvalue weighted by molar-refractivity contribution is 7.98. The number of aromatic nitrogens is 1. The summed E-state index contributed by atoms with van der Waals surface area (Å²) in [7, 11) is 0. The molecule has 0 bridgehead atoms. The Kier molecular flexibility index (Phi) is 5.65. The summed E-state index contributed by atoms with van der Waals surface area (Å²) < 4.78 is 5.56. The minimum absolute atomic E-state index is 0.105. The zero-order valence-electron chi connectivity index (χ0n) is 15.9. The van der Waals surface area contributed by atoms with Gasteiger partial charge in [0.1, 0.15) is 5.75 Å². The molecule has 0 spiro atoms. The summed E-state index contributed by atoms with van der Waals surface area (Å²) in [6.07, 6.45) is 4.00. The number of anilines is 1. The molecule has 1 heterocycles. The maximum absolute atomic E-state index is 12.4. The van der Waals surface area contributed by atoms with Crippen molar-refractivity contribution in [1.29, 1.82) is 0 Å². The molecule has 0 fully saturated rings. The molecule has 0 radical (unpaired) electrons. The number of H-pyrrole nitrogens is 1. The van der Waals surface area contributed by atoms with Gasteiger partial charge >= 0.3 is 5.97 Å². The molecule has 28 heavy (non-hydrogen) atoms. The number of aliphatic carboxylic acids is 1. The van der Waals surface area contributed by atoms with Crippen LogP contribution in [0.1, 0.15) is 19.4 Å². The van der Waals surface area contributed by atoms with E-state index in [1.807, 2.05) is 36.6 Å². The summed E-state index contributed by atoms with van der Waals surface area (Å²) in [5.41, 5.74) is 1.08. The molecule has 3 rings (SSSR count). The minimum atomic E-state index is -1.33. The molecule has 1 aromatic heterocycles. The molecule has 0 aliphatic rings. The second-order valence-corrected chi connectivity index (χ2v) is 7.78. The fourth-order valence-electron chi connectivity index (χ4n) is 2.79. The molecule has 146 valence electrons. The topological polar surface area (TPSA) is 91.4 Å². The van der Waals surface area contributed by atoms with E-state index in [1.165, 1.54) is 13.8 Å². The van der Waals surface area contributed by atoms with E-state index < -0.39 is 11.6 Å². The molecule has 0 saturated carbocycles. The van der Waals surface area contributed by atoms with Crippen molar-refractivity contribution in [3.05, 3.63) is 54.2 Å². The van der Waals surface area contributed by atoms with Gasteiger partial charge in [-0.25, -0.2) is 4.79 Å². The maximum Gasteiger partial charge on any atom is 0.347 e. The van der Waals surface area contributed by atoms with Gasteiger partial charge in [0, 0.05) is 33.7 Å². The lowest BCUT2D eigenvalue weighted by Gasteiger charge is -2.21. The molecular weight excluding hydrogens is 376 g/mol. The van der Waals surface area contributed by atoms with Crippen LogP contribution in [0.25, 0.3) is 10.9 Å². The molecule has 0 atom stereocenters. The van der Waals surface area contributed by atoms with E-state index in [0.29, 0.717) is 5.75 Å². The highest BCUT2D eigenvalue weighted by Crippen LogP contribution is 2.27. The number of benzene rings is 2. The van der Waals surface area contributed by atoms with Crippen LogP contribution >= 0.6 is 11.8 Å². The number of carboxylic acid groups (broad SMARTS) is 1. The third-order valence-electron chi connectivity index (χ3n) is 4.33. The predicted molar refractivity (Wildman–Crippen MR) is 111 cm³/mol. The number of carbonyl (C=O) groups excluding carboxylic acids is 1. The van der Waals surface area contributed by atoms with Gasteiger partial charge in [0.05, 0.1) is 6.42 Å². The number of hydrogen-bond donors (Lipinski definition) is 3. The largest absolute Gasteiger partial charge is 0.478 e. The molecule has 2 aromatic carbocycles. The molecule has 3 aromatic rings. The van der Waals surface area contributed by atoms with Crippen LogP contribution in [-0.4, -0.2) is 33.8 Å². The summed E-state index contributed by atoms with van der Waals surface area (Å²) >= 11 is 1.62. The van der Waals surface area contributed by atoms with E-state index in [-0.39, 0.29) is 12.3 Å². The second kappa shape index (κ2) is 7.98. The summed E-state index contributed by atoms with van der Waals surface area (Å²) in [5.74, 6) is -0.694. The molecule has 3 N–H and O–H groups in total. The fourth-order valence-corrected chi connectivity index (χ4v) is 3.25. The van der Waals surface area contributed by atoms with Crippen molar-refractivity contribution in [2.24, 2.45) is 0 Å². The van der Waals surface area contributed by atoms with Crippen molar-refractivity contribution >= 4 is 40.2 Å². The lowest BCUT2D eigenvalue weighted by molar-refractivity contribution is -0.152. The lowest BCUT2D eigenvalue weighted by atomic mass is 10.1. The standard InChI is InChI=1S/C21H22N2O4S/c1-21(2,20(25)26)27-15-7-8-17-13(12-22-18(17)11-15)9-19(24)23-14-5-4-6-16(10-14)28-3/h4-8,10-12,22H,9H2,1-3H3,(H,23,24)(H,25,26). The number of thioether (sulfide) groups is 1. The van der Waals surface area contributed by atoms with Crippen LogP contribution in [0.5, 0.6) is 5.75 Å². The monoisotopic (exact) mass is 398 g/mol. The number of carbonyl (C=O) groups is 2. The minimum Gasteiger partial charge on any atom is -0.478 e. The van der Waals surface area contributed by atoms with E-state index in [4.69, 9.17) is 4.74 Å². The van der Waals surface area contributed by atoms with Gasteiger partial charge in [-0.2, -0.15) is 0 Å². The van der Waals surface area contributed by atoms with Gasteiger partial charge in [0.2, 0.25) is 5.91 Å². The van der Waals surface area contributed by atoms with Crippen LogP contribution in [-0.2, 0) is 16.0 Å². The average molecular weight is 398 g/mol. The van der Waals surface area contributed by atoms with Crippen LogP contribution in [0.3, 0.4) is 0 Å². The molecular formula is C21H22N2O4S. The highest BCUT2D eigenvalue weighted by atomic mass is 32.2. The van der Waals surface area contributed by atoms with Gasteiger partial charge in [-0.3, -0.25) is 4.79 Å². The molecule has 0 aliphatic heterocycles. The molecule has 6 nitrogen and oxygen atoms in total. The van der Waals surface area contributed by atoms with E-state index >= 15 is 0 Å². The summed E-state index contributed by atoms with van der Waals surface area (Å²) in [5, 5.41) is 13.0. The van der Waals surface area contributed by atoms with E-state index in [9.17, 15) is 14.7 Å². The first-order valence-corrected chi connectivity index (χ1v) is 9.97. The number of fused-ring (bicyclic) bond motifs is 1. The number of nitrogens with one attached hydrogen (secondary N) is 2. The van der Waals surface area contributed by atoms with Gasteiger partial charge in [-0.05, 0) is 56.0 Å². The molecule has 0 saturated heterocycles. The van der Waals surface area contributed by atoms with Gasteiger partial charge in [0.25, 0.3) is 0 Å². The zero-order valence-corrected chi connectivity index (χ0v) is 16.7. The molecule has 0 unspecified atom stereocenters. The number of aromatic amines is 1. The van der Waals surface area contributed by atoms with Crippen molar-refractivity contribution in [2.75, 3.05) is 11.6 Å². The van der Waals surface area contributed by atoms with E-state index in [2.05, 4.69) is 10.3 Å². The molecule has 1 amide bonds. The van der Waals surface area contributed by atoms with Crippen LogP contribution in [0, 0.1) is 0 Å². The van der Waals surface area contributed by atoms with Crippen molar-refractivity contribution in [1.82, 2.24) is 4.98 Å². The van der Waals surface area contributed by atoms with Gasteiger partial charge < -0.3 is 20.1 Å². The maximum atomic E-state index is 12.4. The zero-order chi connectivity index (χ0) is 20.3. The lowest BCUT2D eigenvalue weighted by Crippen LogP contribution is -2.37. The third-order valence-corrected chi connectivity index (χ3v) is 5.06. The Balaban J connectivity index is 1.73. The smallest absolute Gasteiger partial charge is 0.347 e. The Labute approximate surface area is 167 Å². The fraction of sp³-hybridized carbons (Fsp3) is 0.238. The number of carboxylic acids is 1. The van der Waals surface area contributed by atoms with Crippen LogP contribution in [0.15, 0.2) is 53.6 Å². The van der Waals surface area contributed by atoms with Gasteiger partial charge in [-0.1, -0.05) is 6.07 Å². The van der Waals surface area contributed by atoms with Crippen LogP contribution in [0.2, 0.25) is 0 Å². The first-order chi connectivity index (χ1) is 13.3. The van der Waals surface area contributed by atoms with Crippen molar-refractivity contribution in [2.45, 2.75) is 30.8 Å². The van der Waals surface area contributed by atoms with Crippen LogP contribution < -0.4 is 10.1 Å². The molecule has 0 aliphatic carbocycles. The first-order valence-electron chi connectivity index (χ1n) is 8.75. The number of rotatable bonds is 7. The highest BCUT2D eigenvalue weighted by Gasteiger charge is 2.29. The quantitative estimate of drug-likeness (QED) is 0.516. The Morgan fingerprint density at radius 1 is 1.21 bits per heavy atom. The number of amides is 1. The van der Waals surface area contributed by atoms with Crippen molar-refractivity contribution in [3.8, 4) is 5.75 Å². The van der Waals surface area contributed by atoms with E-state index in [0.717, 1.165) is 27.0 Å². The summed E-state index contributed by atoms with van der Waals surface area (Å²) in [6, 6.07) is 13.0. The van der Waals surface area contributed by atoms with Gasteiger partial charge in [-0.15, -0.1) is 11.8 Å². The normalized spacial score (nSPS) is 11.4. The van der Waals surface area contributed by atoms with Crippen molar-refractivity contribution in [3.63, 3.8) is 0 Å². The average Bonchev–Trinajstić information content (AvgIpc) is 3.03. The van der Waals surface area contributed by atoms with Crippen molar-refractivity contribution < 1.29 is 19.4 Å². The summed E-state index contributed by atoms with van der Waals surface area (Å²) in [4.78, 5) is 27.9. The Morgan fingerprint density at radius 2 is 2.00 bits per heavy atom. The second-order valence-electron chi connectivity index (χ2n) is 6.90. The number of ether oxygens (including phenoxy) is 1. The Morgan fingerprint density at radius 3 is 2.71 bits per heavy atom. The van der Waals surface area contributed by atoms with Crippen LogP contribution in [0.4, 0.5) is 5.69 Å². The predicted octanol–water partition coefficient (Wildman–Crippen LogP) is 4.31. The Hall–Kier alpha value is -2.93. The summed E-state index contributed by atoms with van der Waals surface area (Å²) in [6.45, 7) is 2.99. The number of hydrogen-bond acceptors (Lipinski definition) is 4. The van der Waals surface area contributed by atoms with E-state index in [1.54, 1.807) is 30.1 Å².